The molecule has 5 rings (SSSR count). The molecule has 1 saturated heterocycles. The fraction of sp³-hybridized carbons (Fsp3) is 0.323. The molecule has 1 fully saturated rings. The number of anilines is 2. The molecule has 43 heavy (non-hydrogen) atoms. The minimum atomic E-state index is -1.64. The summed E-state index contributed by atoms with van der Waals surface area (Å²) < 4.78 is 36.4. The van der Waals surface area contributed by atoms with Gasteiger partial charge in [0.05, 0.1) is 28.9 Å². The smallest absolute Gasteiger partial charge is 0.248 e. The van der Waals surface area contributed by atoms with E-state index in [0.29, 0.717) is 6.42 Å². The first-order valence-corrected chi connectivity index (χ1v) is 14.2. The van der Waals surface area contributed by atoms with Crippen LogP contribution in [0.25, 0.3) is 0 Å². The molecule has 0 saturated carbocycles. The van der Waals surface area contributed by atoms with E-state index in [4.69, 9.17) is 33.7 Å². The number of amides is 3. The van der Waals surface area contributed by atoms with Gasteiger partial charge in [0.2, 0.25) is 17.7 Å². The van der Waals surface area contributed by atoms with Crippen LogP contribution >= 0.6 is 23.2 Å². The van der Waals surface area contributed by atoms with E-state index in [1.54, 1.807) is 0 Å². The SMILES string of the molecule is COc1cc(C(N)=O)ccc1NC(=O)[C@@H]1N[C@@H](CC(C)(C)C)[C@@]2(C(=O)Nc3cc(Cl)c(F)cc32)[C@H]1c1cccc(Cl)c1F. The Morgan fingerprint density at radius 1 is 1.09 bits per heavy atom. The van der Waals surface area contributed by atoms with Crippen molar-refractivity contribution in [3.63, 3.8) is 0 Å². The number of hydrogen-bond donors (Lipinski definition) is 4. The average molecular weight is 632 g/mol. The largest absolute Gasteiger partial charge is 0.495 e. The van der Waals surface area contributed by atoms with Gasteiger partial charge < -0.3 is 26.4 Å². The summed E-state index contributed by atoms with van der Waals surface area (Å²) in [5, 5.41) is 8.53. The average Bonchev–Trinajstić information content (AvgIpc) is 3.40. The number of carbonyl (C=O) groups excluding carboxylic acids is 3. The zero-order chi connectivity index (χ0) is 31.4. The third-order valence-electron chi connectivity index (χ3n) is 8.04. The van der Waals surface area contributed by atoms with Gasteiger partial charge in [0.25, 0.3) is 0 Å². The van der Waals surface area contributed by atoms with Crippen molar-refractivity contribution in [3.05, 3.63) is 86.9 Å². The highest BCUT2D eigenvalue weighted by Gasteiger charge is 2.66. The van der Waals surface area contributed by atoms with Crippen LogP contribution in [-0.4, -0.2) is 36.9 Å². The van der Waals surface area contributed by atoms with Gasteiger partial charge in [-0.3, -0.25) is 14.4 Å². The second kappa shape index (κ2) is 11.1. The van der Waals surface area contributed by atoms with E-state index >= 15 is 8.78 Å². The van der Waals surface area contributed by atoms with E-state index < -0.39 is 52.8 Å². The van der Waals surface area contributed by atoms with Gasteiger partial charge in [-0.2, -0.15) is 0 Å². The molecule has 12 heteroatoms. The van der Waals surface area contributed by atoms with Crippen molar-refractivity contribution in [2.45, 2.75) is 50.6 Å². The molecule has 2 aliphatic rings. The van der Waals surface area contributed by atoms with Crippen LogP contribution in [0.4, 0.5) is 20.2 Å². The van der Waals surface area contributed by atoms with Crippen molar-refractivity contribution in [1.82, 2.24) is 5.32 Å². The summed E-state index contributed by atoms with van der Waals surface area (Å²) in [5.74, 6) is -4.43. The van der Waals surface area contributed by atoms with Crippen LogP contribution < -0.4 is 26.4 Å². The van der Waals surface area contributed by atoms with E-state index in [-0.39, 0.29) is 49.3 Å². The molecule has 3 aromatic rings. The zero-order valence-corrected chi connectivity index (χ0v) is 25.3. The second-order valence-corrected chi connectivity index (χ2v) is 12.8. The van der Waals surface area contributed by atoms with Crippen molar-refractivity contribution in [1.29, 1.82) is 0 Å². The number of nitrogens with one attached hydrogen (secondary N) is 3. The molecule has 2 heterocycles. The molecule has 3 aromatic carbocycles. The lowest BCUT2D eigenvalue weighted by atomic mass is 9.62. The molecule has 0 unspecified atom stereocenters. The number of benzene rings is 3. The lowest BCUT2D eigenvalue weighted by molar-refractivity contribution is -0.122. The number of nitrogens with two attached hydrogens (primary N) is 1. The van der Waals surface area contributed by atoms with Gasteiger partial charge in [-0.15, -0.1) is 0 Å². The summed E-state index contributed by atoms with van der Waals surface area (Å²) >= 11 is 12.3. The predicted molar refractivity (Wildman–Crippen MR) is 161 cm³/mol. The lowest BCUT2D eigenvalue weighted by Gasteiger charge is -2.37. The molecule has 2 aliphatic heterocycles. The maximum absolute atomic E-state index is 15.9. The summed E-state index contributed by atoms with van der Waals surface area (Å²) in [6.07, 6.45) is 0.350. The Balaban J connectivity index is 1.72. The van der Waals surface area contributed by atoms with Crippen LogP contribution in [0.3, 0.4) is 0 Å². The highest BCUT2D eigenvalue weighted by atomic mass is 35.5. The summed E-state index contributed by atoms with van der Waals surface area (Å²) in [6.45, 7) is 5.89. The number of fused-ring (bicyclic) bond motifs is 2. The van der Waals surface area contributed by atoms with Crippen molar-refractivity contribution < 1.29 is 27.9 Å². The Bertz CT molecular complexity index is 1660. The number of ether oxygens (including phenoxy) is 1. The van der Waals surface area contributed by atoms with Crippen molar-refractivity contribution in [3.8, 4) is 5.75 Å². The lowest BCUT2D eigenvalue weighted by Crippen LogP contribution is -2.49. The van der Waals surface area contributed by atoms with Gasteiger partial charge in [-0.05, 0) is 59.4 Å². The minimum absolute atomic E-state index is 0.00552. The number of hydrogen-bond acceptors (Lipinski definition) is 5. The normalized spacial score (nSPS) is 22.8. The Labute approximate surface area is 257 Å². The molecule has 0 aliphatic carbocycles. The monoisotopic (exact) mass is 630 g/mol. The van der Waals surface area contributed by atoms with Crippen LogP contribution in [0.15, 0.2) is 48.5 Å². The van der Waals surface area contributed by atoms with E-state index in [9.17, 15) is 14.4 Å². The molecule has 1 spiro atoms. The van der Waals surface area contributed by atoms with Gasteiger partial charge in [-0.25, -0.2) is 8.78 Å². The Kier molecular flexibility index (Phi) is 7.91. The van der Waals surface area contributed by atoms with E-state index in [2.05, 4.69) is 16.0 Å². The minimum Gasteiger partial charge on any atom is -0.495 e. The molecule has 0 radical (unpaired) electrons. The highest BCUT2D eigenvalue weighted by molar-refractivity contribution is 6.31. The molecule has 8 nitrogen and oxygen atoms in total. The van der Waals surface area contributed by atoms with Crippen LogP contribution in [-0.2, 0) is 15.0 Å². The van der Waals surface area contributed by atoms with E-state index in [0.717, 1.165) is 0 Å². The first-order valence-electron chi connectivity index (χ1n) is 13.5. The van der Waals surface area contributed by atoms with Gasteiger partial charge in [0.1, 0.15) is 22.8 Å². The Morgan fingerprint density at radius 3 is 2.47 bits per heavy atom. The predicted octanol–water partition coefficient (Wildman–Crippen LogP) is 5.77. The fourth-order valence-electron chi connectivity index (χ4n) is 6.32. The standard InChI is InChI=1S/C31H30Cl2F2N4O4/c1-30(2,3)13-23-31(16-11-19(34)18(33)12-21(16)38-29(31)42)24(15-6-5-7-17(32)25(15)35)26(39-23)28(41)37-20-9-8-14(27(36)40)10-22(20)43-4/h5-12,23-24,26,39H,13H2,1-4H3,(H2,36,40)(H,37,41)(H,38,42)/t23-,24-,26+,31+/m0/s1. The molecule has 5 N–H and O–H groups in total. The van der Waals surface area contributed by atoms with E-state index in [1.807, 2.05) is 20.8 Å². The number of carbonyl (C=O) groups is 3. The van der Waals surface area contributed by atoms with Crippen LogP contribution in [0, 0.1) is 17.0 Å². The van der Waals surface area contributed by atoms with Crippen molar-refractivity contribution in [2.24, 2.45) is 11.1 Å². The van der Waals surface area contributed by atoms with Crippen LogP contribution in [0.1, 0.15) is 54.6 Å². The summed E-state index contributed by atoms with van der Waals surface area (Å²) in [5.41, 5.74) is 4.28. The summed E-state index contributed by atoms with van der Waals surface area (Å²) in [6, 6.07) is 9.15. The maximum atomic E-state index is 15.9. The van der Waals surface area contributed by atoms with Gasteiger partial charge >= 0.3 is 0 Å². The van der Waals surface area contributed by atoms with Crippen molar-refractivity contribution in [2.75, 3.05) is 17.7 Å². The number of primary amides is 1. The van der Waals surface area contributed by atoms with Crippen molar-refractivity contribution >= 4 is 52.3 Å². The molecule has 0 bridgehead atoms. The molecule has 3 amide bonds. The first kappa shape index (κ1) is 30.7. The third-order valence-corrected chi connectivity index (χ3v) is 8.63. The number of methoxy groups -OCH3 is 1. The second-order valence-electron chi connectivity index (χ2n) is 12.0. The highest BCUT2D eigenvalue weighted by Crippen LogP contribution is 2.57. The zero-order valence-electron chi connectivity index (χ0n) is 23.8. The number of halogens is 4. The van der Waals surface area contributed by atoms with Gasteiger partial charge in [0, 0.05) is 23.2 Å². The summed E-state index contributed by atoms with van der Waals surface area (Å²) in [4.78, 5) is 40.1. The molecular weight excluding hydrogens is 601 g/mol. The quantitative estimate of drug-likeness (QED) is 0.275. The van der Waals surface area contributed by atoms with Gasteiger partial charge in [-0.1, -0.05) is 56.1 Å². The third kappa shape index (κ3) is 5.21. The molecule has 226 valence electrons. The van der Waals surface area contributed by atoms with Crippen LogP contribution in [0.5, 0.6) is 5.75 Å². The topological polar surface area (TPSA) is 123 Å². The molecular formula is C31H30Cl2F2N4O4. The maximum Gasteiger partial charge on any atom is 0.248 e. The Morgan fingerprint density at radius 2 is 1.81 bits per heavy atom. The first-order chi connectivity index (χ1) is 20.2. The molecule has 0 aromatic heterocycles. The number of rotatable bonds is 6. The molecule has 4 atom stereocenters. The van der Waals surface area contributed by atoms with Crippen LogP contribution in [0.2, 0.25) is 10.0 Å². The van der Waals surface area contributed by atoms with E-state index in [1.165, 1.54) is 55.6 Å². The summed E-state index contributed by atoms with van der Waals surface area (Å²) in [7, 11) is 1.36. The van der Waals surface area contributed by atoms with Gasteiger partial charge in [0.15, 0.2) is 0 Å². The Hall–Kier alpha value is -3.73. The fourth-order valence-corrected chi connectivity index (χ4v) is 6.67.